The van der Waals surface area contributed by atoms with Crippen LogP contribution in [0.25, 0.3) is 32.9 Å². The minimum absolute atomic E-state index is 0.00414. The standard InChI is InChI=1S/C36H45F2N7O5S/c1-5-25-28(37)9-8-22-16-24(46)17-26(29(22)25)31-30(38)32-27(19-39-31)33(44-14-6-11-35(2,47)20-44)42-34(41-32)50-21-36-12-7-15-45(36)23(10-13-36)18-40-51(48,49)43(3)4/h8-9,16-17,19,23,40,46-47H,5-7,10-15,18,20-21H2,1-4H3/t23-,35+,36-/m0/s1. The average Bonchev–Trinajstić information content (AvgIpc) is 3.65. The van der Waals surface area contributed by atoms with E-state index in [1.807, 2.05) is 11.8 Å². The number of nitrogens with one attached hydrogen (secondary N) is 1. The summed E-state index contributed by atoms with van der Waals surface area (Å²) in [6, 6.07) is 5.76. The zero-order chi connectivity index (χ0) is 36.3. The van der Waals surface area contributed by atoms with Crippen LogP contribution in [0.3, 0.4) is 0 Å². The van der Waals surface area contributed by atoms with Gasteiger partial charge in [0.2, 0.25) is 0 Å². The summed E-state index contributed by atoms with van der Waals surface area (Å²) in [6.07, 6.45) is 6.49. The van der Waals surface area contributed by atoms with Crippen molar-refractivity contribution >= 4 is 37.7 Å². The first kappa shape index (κ1) is 35.6. The molecule has 3 fully saturated rings. The van der Waals surface area contributed by atoms with Gasteiger partial charge in [-0.1, -0.05) is 13.0 Å². The summed E-state index contributed by atoms with van der Waals surface area (Å²) in [7, 11) is -0.593. The third-order valence-corrected chi connectivity index (χ3v) is 12.4. The number of piperidine rings is 1. The van der Waals surface area contributed by atoms with Crippen molar-refractivity contribution in [2.45, 2.75) is 76.0 Å². The van der Waals surface area contributed by atoms with Crippen LogP contribution in [0.5, 0.6) is 11.8 Å². The zero-order valence-electron chi connectivity index (χ0n) is 29.4. The minimum Gasteiger partial charge on any atom is -0.508 e. The normalized spacial score (nSPS) is 24.2. The maximum absolute atomic E-state index is 17.0. The van der Waals surface area contributed by atoms with Crippen LogP contribution in [0, 0.1) is 11.6 Å². The number of hydrogen-bond donors (Lipinski definition) is 3. The number of hydrogen-bond acceptors (Lipinski definition) is 10. The second-order valence-corrected chi connectivity index (χ2v) is 16.6. The first-order valence-electron chi connectivity index (χ1n) is 17.6. The molecule has 4 aromatic rings. The van der Waals surface area contributed by atoms with Gasteiger partial charge in [0.05, 0.1) is 16.5 Å². The molecule has 0 spiro atoms. The topological polar surface area (TPSA) is 144 Å². The molecule has 3 aliphatic heterocycles. The highest BCUT2D eigenvalue weighted by atomic mass is 32.2. The first-order chi connectivity index (χ1) is 24.2. The van der Waals surface area contributed by atoms with Crippen LogP contribution >= 0.6 is 0 Å². The Hall–Kier alpha value is -3.76. The molecule has 12 nitrogen and oxygen atoms in total. The lowest BCUT2D eigenvalue weighted by atomic mass is 9.94. The summed E-state index contributed by atoms with van der Waals surface area (Å²) in [5.41, 5.74) is -0.850. The number of aromatic hydroxyl groups is 1. The maximum Gasteiger partial charge on any atom is 0.319 e. The fourth-order valence-electron chi connectivity index (χ4n) is 8.31. The van der Waals surface area contributed by atoms with Gasteiger partial charge < -0.3 is 19.8 Å². The molecule has 0 aliphatic carbocycles. The van der Waals surface area contributed by atoms with Gasteiger partial charge in [-0.25, -0.2) is 13.5 Å². The highest BCUT2D eigenvalue weighted by Crippen LogP contribution is 2.43. The van der Waals surface area contributed by atoms with Gasteiger partial charge in [-0.2, -0.15) is 22.7 Å². The fraction of sp³-hybridized carbons (Fsp3) is 0.528. The van der Waals surface area contributed by atoms with Crippen LogP contribution in [0.2, 0.25) is 0 Å². The van der Waals surface area contributed by atoms with Crippen LogP contribution in [-0.4, -0.2) is 107 Å². The number of rotatable bonds is 10. The Morgan fingerprint density at radius 1 is 1.12 bits per heavy atom. The summed E-state index contributed by atoms with van der Waals surface area (Å²) in [6.45, 7) is 5.72. The number of nitrogens with zero attached hydrogens (tertiary/aromatic N) is 6. The largest absolute Gasteiger partial charge is 0.508 e. The third-order valence-electron chi connectivity index (χ3n) is 10.9. The predicted molar refractivity (Wildman–Crippen MR) is 191 cm³/mol. The molecule has 0 radical (unpaired) electrons. The van der Waals surface area contributed by atoms with Crippen LogP contribution < -0.4 is 14.4 Å². The van der Waals surface area contributed by atoms with E-state index in [1.54, 1.807) is 13.0 Å². The Balaban J connectivity index is 1.28. The molecule has 5 heterocycles. The lowest BCUT2D eigenvalue weighted by Crippen LogP contribution is -2.50. The molecular formula is C36H45F2N7O5S. The minimum atomic E-state index is -3.57. The van der Waals surface area contributed by atoms with E-state index >= 15 is 8.78 Å². The average molecular weight is 726 g/mol. The molecule has 3 aliphatic rings. The van der Waals surface area contributed by atoms with E-state index in [2.05, 4.69) is 19.6 Å². The summed E-state index contributed by atoms with van der Waals surface area (Å²) < 4.78 is 67.1. The highest BCUT2D eigenvalue weighted by Gasteiger charge is 2.50. The molecule has 0 saturated carbocycles. The number of pyridine rings is 1. The molecule has 2 aromatic carbocycles. The number of β-amino-alcohol motifs (C(OH)–C–C–N with tert-alkyl or cyclic N) is 1. The van der Waals surface area contributed by atoms with Crippen LogP contribution in [0.4, 0.5) is 14.6 Å². The number of halogens is 2. The SMILES string of the molecule is CCc1c(F)ccc2cc(O)cc(-c3ncc4c(N5CCC[C@@](C)(O)C5)nc(OC[C@@]56CCCN5[C@H](CNS(=O)(=O)N(C)C)CC6)nc4c3F)c12. The smallest absolute Gasteiger partial charge is 0.319 e. The predicted octanol–water partition coefficient (Wildman–Crippen LogP) is 4.51. The van der Waals surface area contributed by atoms with E-state index in [0.29, 0.717) is 53.3 Å². The van der Waals surface area contributed by atoms with Gasteiger partial charge in [0, 0.05) is 51.5 Å². The molecule has 3 N–H and O–H groups in total. The van der Waals surface area contributed by atoms with Crippen LogP contribution in [0.1, 0.15) is 57.9 Å². The Kier molecular flexibility index (Phi) is 9.32. The quantitative estimate of drug-likeness (QED) is 0.214. The Bertz CT molecular complexity index is 2100. The van der Waals surface area contributed by atoms with E-state index in [1.165, 1.54) is 38.5 Å². The Labute approximate surface area is 296 Å². The number of phenolic OH excluding ortho intramolecular Hbond substituents is 1. The molecule has 0 unspecified atom stereocenters. The number of aromatic nitrogens is 3. The van der Waals surface area contributed by atoms with Crippen molar-refractivity contribution < 1.29 is 32.1 Å². The van der Waals surface area contributed by atoms with Crippen molar-refractivity contribution in [3.8, 4) is 23.0 Å². The lowest BCUT2D eigenvalue weighted by Gasteiger charge is -2.38. The first-order valence-corrected chi connectivity index (χ1v) is 19.0. The molecule has 3 atom stereocenters. The Morgan fingerprint density at radius 3 is 2.65 bits per heavy atom. The molecule has 15 heteroatoms. The molecule has 0 bridgehead atoms. The van der Waals surface area contributed by atoms with Crippen molar-refractivity contribution in [3.63, 3.8) is 0 Å². The van der Waals surface area contributed by atoms with E-state index in [-0.39, 0.29) is 59.8 Å². The third kappa shape index (κ3) is 6.58. The van der Waals surface area contributed by atoms with E-state index in [9.17, 15) is 18.6 Å². The molecule has 0 amide bonds. The number of anilines is 1. The zero-order valence-corrected chi connectivity index (χ0v) is 30.2. The van der Waals surface area contributed by atoms with E-state index in [0.717, 1.165) is 36.5 Å². The number of benzene rings is 2. The number of aryl methyl sites for hydroxylation is 1. The molecule has 7 rings (SSSR count). The van der Waals surface area contributed by atoms with Crippen molar-refractivity contribution in [2.75, 3.05) is 51.8 Å². The lowest BCUT2D eigenvalue weighted by molar-refractivity contribution is 0.0447. The summed E-state index contributed by atoms with van der Waals surface area (Å²) in [5, 5.41) is 23.0. The summed E-state index contributed by atoms with van der Waals surface area (Å²) in [5.74, 6) is -0.921. The van der Waals surface area contributed by atoms with E-state index in [4.69, 9.17) is 9.72 Å². The second-order valence-electron chi connectivity index (χ2n) is 14.6. The summed E-state index contributed by atoms with van der Waals surface area (Å²) >= 11 is 0. The van der Waals surface area contributed by atoms with Gasteiger partial charge in [0.15, 0.2) is 5.82 Å². The number of fused-ring (bicyclic) bond motifs is 3. The van der Waals surface area contributed by atoms with Crippen molar-refractivity contribution in [1.82, 2.24) is 28.9 Å². The molecule has 51 heavy (non-hydrogen) atoms. The maximum atomic E-state index is 17.0. The van der Waals surface area contributed by atoms with Crippen molar-refractivity contribution in [3.05, 3.63) is 47.7 Å². The fourth-order valence-corrected chi connectivity index (χ4v) is 8.97. The van der Waals surface area contributed by atoms with E-state index < -0.39 is 27.4 Å². The monoisotopic (exact) mass is 725 g/mol. The number of aliphatic hydroxyl groups is 1. The molecule has 3 saturated heterocycles. The van der Waals surface area contributed by atoms with Crippen LogP contribution in [0.15, 0.2) is 30.5 Å². The van der Waals surface area contributed by atoms with Gasteiger partial charge in [-0.15, -0.1) is 0 Å². The second kappa shape index (κ2) is 13.3. The van der Waals surface area contributed by atoms with Crippen molar-refractivity contribution in [1.29, 1.82) is 0 Å². The van der Waals surface area contributed by atoms with Gasteiger partial charge in [0.1, 0.15) is 35.2 Å². The van der Waals surface area contributed by atoms with Crippen LogP contribution in [-0.2, 0) is 16.6 Å². The Morgan fingerprint density at radius 2 is 1.90 bits per heavy atom. The number of phenols is 1. The van der Waals surface area contributed by atoms with Gasteiger partial charge in [-0.05, 0) is 92.9 Å². The van der Waals surface area contributed by atoms with Crippen molar-refractivity contribution in [2.24, 2.45) is 0 Å². The number of ether oxygens (including phenoxy) is 1. The van der Waals surface area contributed by atoms with Gasteiger partial charge >= 0.3 is 6.01 Å². The molecule has 274 valence electrons. The van der Waals surface area contributed by atoms with Gasteiger partial charge in [0.25, 0.3) is 10.2 Å². The summed E-state index contributed by atoms with van der Waals surface area (Å²) in [4.78, 5) is 18.1. The molecular weight excluding hydrogens is 681 g/mol. The van der Waals surface area contributed by atoms with Gasteiger partial charge in [-0.3, -0.25) is 9.88 Å². The molecule has 2 aromatic heterocycles. The highest BCUT2D eigenvalue weighted by molar-refractivity contribution is 7.87.